The molecule has 17 heavy (non-hydrogen) atoms. The van der Waals surface area contributed by atoms with E-state index in [9.17, 15) is 4.79 Å². The second kappa shape index (κ2) is 4.08. The van der Waals surface area contributed by atoms with Crippen molar-refractivity contribution in [1.29, 1.82) is 0 Å². The molecule has 2 N–H and O–H groups in total. The minimum Gasteiger partial charge on any atom is -0.377 e. The van der Waals surface area contributed by atoms with Gasteiger partial charge in [0.2, 0.25) is 0 Å². The van der Waals surface area contributed by atoms with Crippen molar-refractivity contribution in [2.75, 3.05) is 24.8 Å². The van der Waals surface area contributed by atoms with Crippen molar-refractivity contribution in [2.45, 2.75) is 13.3 Å². The number of rotatable bonds is 2. The highest BCUT2D eigenvalue weighted by Gasteiger charge is 2.15. The summed E-state index contributed by atoms with van der Waals surface area (Å²) in [6, 6.07) is 1.88. The van der Waals surface area contributed by atoms with Gasteiger partial charge in [0.25, 0.3) is 5.56 Å². The monoisotopic (exact) mass is 232 g/mol. The third-order valence-corrected chi connectivity index (χ3v) is 2.88. The first-order chi connectivity index (χ1) is 8.07. The van der Waals surface area contributed by atoms with Crippen LogP contribution in [0, 0.1) is 0 Å². The number of nitrogens with two attached hydrogens (primary N) is 1. The van der Waals surface area contributed by atoms with Gasteiger partial charge in [-0.25, -0.2) is 4.68 Å². The molecular weight excluding hydrogens is 216 g/mol. The summed E-state index contributed by atoms with van der Waals surface area (Å²) in [6.07, 6.45) is 3.98. The van der Waals surface area contributed by atoms with Crippen molar-refractivity contribution in [3.63, 3.8) is 0 Å². The highest BCUT2D eigenvalue weighted by atomic mass is 16.1. The highest BCUT2D eigenvalue weighted by Crippen LogP contribution is 2.26. The van der Waals surface area contributed by atoms with Crippen LogP contribution in [0.25, 0.3) is 10.9 Å². The molecular formula is C12H16N4O. The van der Waals surface area contributed by atoms with Crippen LogP contribution in [-0.2, 0) is 6.42 Å². The quantitative estimate of drug-likeness (QED) is 0.776. The third-order valence-electron chi connectivity index (χ3n) is 2.88. The van der Waals surface area contributed by atoms with Gasteiger partial charge in [-0.05, 0) is 12.5 Å². The molecule has 0 aliphatic heterocycles. The lowest BCUT2D eigenvalue weighted by atomic mass is 10.1. The van der Waals surface area contributed by atoms with Gasteiger partial charge in [0, 0.05) is 31.2 Å². The van der Waals surface area contributed by atoms with E-state index in [4.69, 9.17) is 5.84 Å². The normalized spacial score (nSPS) is 10.8. The number of hydrogen-bond acceptors (Lipinski definition) is 4. The molecule has 2 rings (SSSR count). The molecule has 90 valence electrons. The van der Waals surface area contributed by atoms with Gasteiger partial charge in [0.15, 0.2) is 0 Å². The van der Waals surface area contributed by atoms with E-state index in [1.165, 1.54) is 4.68 Å². The summed E-state index contributed by atoms with van der Waals surface area (Å²) in [7, 11) is 3.85. The Morgan fingerprint density at radius 3 is 2.76 bits per heavy atom. The lowest BCUT2D eigenvalue weighted by Crippen LogP contribution is -2.32. The molecule has 0 bridgehead atoms. The molecule has 0 unspecified atom stereocenters. The fourth-order valence-corrected chi connectivity index (χ4v) is 2.13. The molecule has 2 heterocycles. The summed E-state index contributed by atoms with van der Waals surface area (Å²) in [5.41, 5.74) is 2.16. The van der Waals surface area contributed by atoms with Crippen molar-refractivity contribution < 1.29 is 0 Å². The van der Waals surface area contributed by atoms with Crippen LogP contribution in [0.5, 0.6) is 0 Å². The van der Waals surface area contributed by atoms with Crippen molar-refractivity contribution in [1.82, 2.24) is 9.66 Å². The lowest BCUT2D eigenvalue weighted by Gasteiger charge is -2.20. The van der Waals surface area contributed by atoms with Gasteiger partial charge in [-0.3, -0.25) is 9.78 Å². The molecule has 0 aliphatic carbocycles. The summed E-state index contributed by atoms with van der Waals surface area (Å²) in [5, 5.41) is 0.948. The first kappa shape index (κ1) is 11.4. The van der Waals surface area contributed by atoms with Crippen molar-refractivity contribution >= 4 is 16.6 Å². The Morgan fingerprint density at radius 1 is 1.47 bits per heavy atom. The number of nitrogens with zero attached hydrogens (tertiary/aromatic N) is 3. The Bertz CT molecular complexity index is 616. The van der Waals surface area contributed by atoms with Crippen LogP contribution in [0.2, 0.25) is 0 Å². The van der Waals surface area contributed by atoms with Gasteiger partial charge in [0.1, 0.15) is 0 Å². The molecule has 0 atom stereocenters. The zero-order chi connectivity index (χ0) is 12.6. The summed E-state index contributed by atoms with van der Waals surface area (Å²) in [5.74, 6) is 5.81. The Kier molecular flexibility index (Phi) is 2.75. The molecule has 0 aromatic carbocycles. The van der Waals surface area contributed by atoms with E-state index in [1.54, 1.807) is 12.4 Å². The average Bonchev–Trinajstić information content (AvgIpc) is 2.33. The van der Waals surface area contributed by atoms with Crippen LogP contribution >= 0.6 is 0 Å². The second-order valence-corrected chi connectivity index (χ2v) is 4.14. The second-order valence-electron chi connectivity index (χ2n) is 4.14. The molecule has 0 radical (unpaired) electrons. The topological polar surface area (TPSA) is 64.2 Å². The number of aromatic nitrogens is 2. The predicted octanol–water partition coefficient (Wildman–Crippen LogP) is 0.739. The van der Waals surface area contributed by atoms with Crippen LogP contribution in [0.15, 0.2) is 23.3 Å². The molecule has 5 heteroatoms. The Labute approximate surface area is 99.5 Å². The maximum Gasteiger partial charge on any atom is 0.274 e. The van der Waals surface area contributed by atoms with Gasteiger partial charge in [-0.2, -0.15) is 0 Å². The summed E-state index contributed by atoms with van der Waals surface area (Å²) >= 11 is 0. The van der Waals surface area contributed by atoms with E-state index in [-0.39, 0.29) is 5.56 Å². The summed E-state index contributed by atoms with van der Waals surface area (Å²) in [4.78, 5) is 18.1. The van der Waals surface area contributed by atoms with E-state index >= 15 is 0 Å². The molecule has 0 amide bonds. The van der Waals surface area contributed by atoms with Crippen molar-refractivity contribution in [2.24, 2.45) is 0 Å². The zero-order valence-corrected chi connectivity index (χ0v) is 10.3. The number of fused-ring (bicyclic) bond motifs is 1. The minimum absolute atomic E-state index is 0.156. The standard InChI is InChI=1S/C12H16N4O/c1-4-8-11(15(2)3)9-5-6-14-7-10(9)16(13)12(8)17/h5-7H,4,13H2,1-3H3. The minimum atomic E-state index is -0.156. The number of pyridine rings is 2. The molecule has 0 saturated heterocycles. The lowest BCUT2D eigenvalue weighted by molar-refractivity contribution is 0.925. The number of hydrogen-bond donors (Lipinski definition) is 1. The number of anilines is 1. The van der Waals surface area contributed by atoms with Crippen molar-refractivity contribution in [3.05, 3.63) is 34.4 Å². The molecule has 0 fully saturated rings. The molecule has 0 aliphatic rings. The SMILES string of the molecule is CCc1c(N(C)C)c2ccncc2n(N)c1=O. The molecule has 0 saturated carbocycles. The predicted molar refractivity (Wildman–Crippen MR) is 69.9 cm³/mol. The highest BCUT2D eigenvalue weighted by molar-refractivity contribution is 5.93. The molecule has 2 aromatic rings. The first-order valence-corrected chi connectivity index (χ1v) is 5.52. The van der Waals surface area contributed by atoms with E-state index in [1.807, 2.05) is 32.0 Å². The maximum absolute atomic E-state index is 12.1. The fourth-order valence-electron chi connectivity index (χ4n) is 2.13. The van der Waals surface area contributed by atoms with Gasteiger partial charge < -0.3 is 10.7 Å². The summed E-state index contributed by atoms with van der Waals surface area (Å²) in [6.45, 7) is 1.96. The fraction of sp³-hybridized carbons (Fsp3) is 0.333. The molecule has 2 aromatic heterocycles. The van der Waals surface area contributed by atoms with E-state index in [2.05, 4.69) is 4.98 Å². The van der Waals surface area contributed by atoms with Gasteiger partial charge >= 0.3 is 0 Å². The van der Waals surface area contributed by atoms with Gasteiger partial charge in [-0.1, -0.05) is 6.92 Å². The van der Waals surface area contributed by atoms with E-state index < -0.39 is 0 Å². The smallest absolute Gasteiger partial charge is 0.274 e. The molecule has 0 spiro atoms. The van der Waals surface area contributed by atoms with Crippen LogP contribution in [0.4, 0.5) is 5.69 Å². The average molecular weight is 232 g/mol. The zero-order valence-electron chi connectivity index (χ0n) is 10.3. The Morgan fingerprint density at radius 2 is 2.18 bits per heavy atom. The van der Waals surface area contributed by atoms with Crippen LogP contribution in [0.1, 0.15) is 12.5 Å². The Balaban J connectivity index is 3.02. The summed E-state index contributed by atoms with van der Waals surface area (Å²) < 4.78 is 1.17. The van der Waals surface area contributed by atoms with Crippen LogP contribution in [0.3, 0.4) is 0 Å². The first-order valence-electron chi connectivity index (χ1n) is 5.52. The number of nitrogen functional groups attached to an aromatic ring is 1. The largest absolute Gasteiger partial charge is 0.377 e. The Hall–Kier alpha value is -2.04. The molecule has 5 nitrogen and oxygen atoms in total. The van der Waals surface area contributed by atoms with Gasteiger partial charge in [-0.15, -0.1) is 0 Å². The van der Waals surface area contributed by atoms with Gasteiger partial charge in [0.05, 0.1) is 17.4 Å². The maximum atomic E-state index is 12.1. The third kappa shape index (κ3) is 1.63. The van der Waals surface area contributed by atoms with Crippen LogP contribution < -0.4 is 16.3 Å². The van der Waals surface area contributed by atoms with Crippen LogP contribution in [-0.4, -0.2) is 23.8 Å². The van der Waals surface area contributed by atoms with E-state index in [0.29, 0.717) is 11.9 Å². The van der Waals surface area contributed by atoms with Crippen molar-refractivity contribution in [3.8, 4) is 0 Å². The van der Waals surface area contributed by atoms with E-state index in [0.717, 1.165) is 16.6 Å².